The summed E-state index contributed by atoms with van der Waals surface area (Å²) in [6, 6.07) is 8.99. The Morgan fingerprint density at radius 2 is 1.97 bits per heavy atom. The summed E-state index contributed by atoms with van der Waals surface area (Å²) in [5.74, 6) is 2.37. The molecule has 182 valence electrons. The summed E-state index contributed by atoms with van der Waals surface area (Å²) >= 11 is 0. The largest absolute Gasteiger partial charge is 0.115 e. The van der Waals surface area contributed by atoms with Crippen LogP contribution < -0.4 is 10.6 Å². The summed E-state index contributed by atoms with van der Waals surface area (Å²) in [7, 11) is 0.0651. The monoisotopic (exact) mass is 506 g/mol. The van der Waals surface area contributed by atoms with Gasteiger partial charge in [-0.25, -0.2) is 0 Å². The molecule has 2 aliphatic carbocycles. The Kier molecular flexibility index (Phi) is 13.3. The molecule has 0 bridgehead atoms. The van der Waals surface area contributed by atoms with Gasteiger partial charge in [-0.15, -0.1) is 6.42 Å². The Hall–Kier alpha value is -3.14. The van der Waals surface area contributed by atoms with Crippen molar-refractivity contribution in [3.63, 3.8) is 0 Å². The van der Waals surface area contributed by atoms with Gasteiger partial charge in [-0.2, -0.15) is 0 Å². The van der Waals surface area contributed by atoms with Crippen LogP contribution in [0.1, 0.15) is 40.5 Å². The van der Waals surface area contributed by atoms with E-state index in [4.69, 9.17) is 6.42 Å². The molecule has 3 rings (SSSR count). The molecule has 0 amide bonds. The lowest BCUT2D eigenvalue weighted by molar-refractivity contribution is 0.999. The molecule has 2 aliphatic rings. The second-order valence-electron chi connectivity index (χ2n) is 8.19. The molecule has 2 heteroatoms. The number of terminal acetylenes is 1. The zero-order chi connectivity index (χ0) is 26.2. The van der Waals surface area contributed by atoms with E-state index in [9.17, 15) is 0 Å². The maximum absolute atomic E-state index is 4.90. The van der Waals surface area contributed by atoms with E-state index >= 15 is 0 Å². The molecule has 0 saturated carbocycles. The summed E-state index contributed by atoms with van der Waals surface area (Å²) in [6.07, 6.45) is 31.3. The first-order valence-corrected chi connectivity index (χ1v) is 14.5. The van der Waals surface area contributed by atoms with Gasteiger partial charge in [0.25, 0.3) is 0 Å². The van der Waals surface area contributed by atoms with Crippen molar-refractivity contribution < 1.29 is 0 Å². The van der Waals surface area contributed by atoms with E-state index < -0.39 is 7.92 Å². The van der Waals surface area contributed by atoms with Gasteiger partial charge in [0.05, 0.1) is 0 Å². The summed E-state index contributed by atoms with van der Waals surface area (Å²) in [6.45, 7) is 12.4. The van der Waals surface area contributed by atoms with Crippen molar-refractivity contribution in [2.75, 3.05) is 0 Å². The minimum Gasteiger partial charge on any atom is -0.115 e. The van der Waals surface area contributed by atoms with Gasteiger partial charge in [-0.3, -0.25) is 0 Å². The van der Waals surface area contributed by atoms with Crippen molar-refractivity contribution in [3.05, 3.63) is 142 Å². The molecule has 0 nitrogen and oxygen atoms in total. The van der Waals surface area contributed by atoms with Gasteiger partial charge < -0.3 is 0 Å². The van der Waals surface area contributed by atoms with Crippen LogP contribution in [-0.4, -0.2) is 0 Å². The average Bonchev–Trinajstić information content (AvgIpc) is 2.88. The predicted octanol–water partition coefficient (Wildman–Crippen LogP) is 9.27. The van der Waals surface area contributed by atoms with Crippen LogP contribution in [-0.2, 0) is 0 Å². The van der Waals surface area contributed by atoms with Crippen LogP contribution in [0.4, 0.5) is 0 Å². The normalized spacial score (nSPS) is 16.5. The number of hydrogen-bond acceptors (Lipinski definition) is 0. The highest BCUT2D eigenvalue weighted by molar-refractivity contribution is 7.75. The molecule has 36 heavy (non-hydrogen) atoms. The van der Waals surface area contributed by atoms with Gasteiger partial charge in [0.15, 0.2) is 0 Å². The number of benzene rings is 1. The first kappa shape index (κ1) is 29.1. The Morgan fingerprint density at radius 3 is 2.67 bits per heavy atom. The standard InChI is InChI=1S/C27H28P2.C7H8/c1-5-6-7-16-23(4)29(26-19-12-9-15-22(26)3)27-20-13-11-18-25(27)28-24-17-10-8-14-21(24)2;1-3-5-7-6-4-2/h5-9,11,13-16,18,20,28H,1,10,17H2,2-4H3;1,4-7H,2H3/b7-6-,23-16+;6-4-,7-5-. The van der Waals surface area contributed by atoms with Gasteiger partial charge in [0.2, 0.25) is 0 Å². The molecular formula is C34H36P2. The predicted molar refractivity (Wildman–Crippen MR) is 167 cm³/mol. The van der Waals surface area contributed by atoms with E-state index in [1.54, 1.807) is 11.4 Å². The van der Waals surface area contributed by atoms with Crippen LogP contribution in [0.3, 0.4) is 0 Å². The van der Waals surface area contributed by atoms with Crippen molar-refractivity contribution in [3.8, 4) is 12.3 Å². The van der Waals surface area contributed by atoms with E-state index in [-0.39, 0.29) is 0 Å². The highest BCUT2D eigenvalue weighted by Gasteiger charge is 2.23. The summed E-state index contributed by atoms with van der Waals surface area (Å²) in [4.78, 5) is 0. The van der Waals surface area contributed by atoms with Gasteiger partial charge >= 0.3 is 0 Å². The van der Waals surface area contributed by atoms with Crippen LogP contribution in [0.25, 0.3) is 0 Å². The first-order valence-electron chi connectivity index (χ1n) is 12.1. The fourth-order valence-electron chi connectivity index (χ4n) is 3.63. The quantitative estimate of drug-likeness (QED) is 0.143. The van der Waals surface area contributed by atoms with E-state index in [1.807, 2.05) is 43.4 Å². The second-order valence-corrected chi connectivity index (χ2v) is 11.9. The average molecular weight is 507 g/mol. The molecule has 2 unspecified atom stereocenters. The van der Waals surface area contributed by atoms with Crippen LogP contribution in [0.15, 0.2) is 142 Å². The molecule has 2 atom stereocenters. The van der Waals surface area contributed by atoms with E-state index in [0.717, 1.165) is 15.0 Å². The van der Waals surface area contributed by atoms with Crippen LogP contribution in [0.2, 0.25) is 0 Å². The van der Waals surface area contributed by atoms with Gasteiger partial charge in [0, 0.05) is 5.31 Å². The van der Waals surface area contributed by atoms with E-state index in [2.05, 4.69) is 99.4 Å². The van der Waals surface area contributed by atoms with Crippen LogP contribution in [0.5, 0.6) is 0 Å². The van der Waals surface area contributed by atoms with Crippen LogP contribution in [0, 0.1) is 12.3 Å². The summed E-state index contributed by atoms with van der Waals surface area (Å²) in [5, 5.41) is 7.12. The number of allylic oxidation sites excluding steroid dienone is 17. The molecule has 0 fully saturated rings. The minimum absolute atomic E-state index is 0.656. The van der Waals surface area contributed by atoms with Crippen molar-refractivity contribution in [2.45, 2.75) is 40.5 Å². The second kappa shape index (κ2) is 16.5. The third-order valence-corrected chi connectivity index (χ3v) is 9.97. The lowest BCUT2D eigenvalue weighted by Gasteiger charge is -2.25. The Bertz CT molecular complexity index is 1280. The maximum Gasteiger partial charge on any atom is 0.0374 e. The summed E-state index contributed by atoms with van der Waals surface area (Å²) in [5.41, 5.74) is 9.36. The smallest absolute Gasteiger partial charge is 0.0374 e. The molecule has 0 aliphatic heterocycles. The van der Waals surface area contributed by atoms with Gasteiger partial charge in [0.1, 0.15) is 0 Å². The molecule has 0 heterocycles. The Balaban J connectivity index is 0.000000572. The maximum atomic E-state index is 4.90. The molecule has 0 spiro atoms. The van der Waals surface area contributed by atoms with Gasteiger partial charge in [-0.05, 0) is 99.1 Å². The van der Waals surface area contributed by atoms with Crippen molar-refractivity contribution in [1.29, 1.82) is 0 Å². The zero-order valence-corrected chi connectivity index (χ0v) is 23.8. The molecule has 0 saturated heterocycles. The highest BCUT2D eigenvalue weighted by atomic mass is 31.1. The third kappa shape index (κ3) is 9.14. The molecule has 1 aromatic rings. The SMILES string of the molecule is C#C/C=C\C=C/C.C=C/C=C\C=C(/C)P(C1=C=C=CC=C1C)c1ccccc1PC1=C(C)C=CCC1. The van der Waals surface area contributed by atoms with E-state index in [0.29, 0.717) is 0 Å². The van der Waals surface area contributed by atoms with Crippen molar-refractivity contribution in [2.24, 2.45) is 0 Å². The Labute approximate surface area is 221 Å². The molecule has 0 radical (unpaired) electrons. The van der Waals surface area contributed by atoms with Crippen molar-refractivity contribution >= 4 is 27.1 Å². The first-order chi connectivity index (χ1) is 17.5. The fraction of sp³-hybridized carbons (Fsp3) is 0.176. The van der Waals surface area contributed by atoms with Crippen molar-refractivity contribution in [1.82, 2.24) is 0 Å². The molecule has 0 aromatic heterocycles. The molecule has 1 aromatic carbocycles. The lowest BCUT2D eigenvalue weighted by atomic mass is 10.1. The van der Waals surface area contributed by atoms with Crippen LogP contribution >= 0.6 is 16.5 Å². The lowest BCUT2D eigenvalue weighted by Crippen LogP contribution is -2.20. The number of rotatable bonds is 8. The fourth-order valence-corrected chi connectivity index (χ4v) is 7.76. The third-order valence-electron chi connectivity index (χ3n) is 5.47. The zero-order valence-electron chi connectivity index (χ0n) is 21.9. The number of hydrogen-bond donors (Lipinski definition) is 0. The van der Waals surface area contributed by atoms with Gasteiger partial charge in [-0.1, -0.05) is 111 Å². The Morgan fingerprint density at radius 1 is 1.17 bits per heavy atom. The summed E-state index contributed by atoms with van der Waals surface area (Å²) < 4.78 is 0. The minimum atomic E-state index is -0.656. The highest BCUT2D eigenvalue weighted by Crippen LogP contribution is 2.54. The molecular weight excluding hydrogens is 470 g/mol. The topological polar surface area (TPSA) is 0 Å². The molecule has 0 N–H and O–H groups in total. The van der Waals surface area contributed by atoms with E-state index in [1.165, 1.54) is 38.8 Å².